The second-order valence-electron chi connectivity index (χ2n) is 4.93. The van der Waals surface area contributed by atoms with Gasteiger partial charge in [0.1, 0.15) is 5.75 Å². The lowest BCUT2D eigenvalue weighted by Gasteiger charge is -1.97. The molecule has 0 amide bonds. The Labute approximate surface area is 137 Å². The van der Waals surface area contributed by atoms with Crippen molar-refractivity contribution >= 4 is 32.2 Å². The summed E-state index contributed by atoms with van der Waals surface area (Å²) in [4.78, 5) is 5.75. The van der Waals surface area contributed by atoms with Gasteiger partial charge >= 0.3 is 10.4 Å². The zero-order valence-electron chi connectivity index (χ0n) is 12.3. The summed E-state index contributed by atoms with van der Waals surface area (Å²) in [5.74, 6) is 0.402. The summed E-state index contributed by atoms with van der Waals surface area (Å²) in [5, 5.41) is 10.7. The molecule has 0 unspecified atom stereocenters. The van der Waals surface area contributed by atoms with E-state index in [-0.39, 0.29) is 5.75 Å². The van der Waals surface area contributed by atoms with Crippen molar-refractivity contribution in [1.29, 1.82) is 0 Å². The molecule has 0 bridgehead atoms. The van der Waals surface area contributed by atoms with Crippen molar-refractivity contribution in [2.24, 2.45) is 0 Å². The van der Waals surface area contributed by atoms with Crippen LogP contribution in [0.2, 0.25) is 0 Å². The van der Waals surface area contributed by atoms with Gasteiger partial charge in [0.15, 0.2) is 5.75 Å². The van der Waals surface area contributed by atoms with E-state index in [2.05, 4.69) is 14.2 Å². The monoisotopic (exact) mass is 346 g/mol. The number of H-pyrrole nitrogens is 2. The van der Waals surface area contributed by atoms with E-state index in [1.165, 1.54) is 6.20 Å². The maximum atomic E-state index is 10.5. The Bertz CT molecular complexity index is 1080. The zero-order chi connectivity index (χ0) is 17.2. The fraction of sp³-hybridized carbons (Fsp3) is 0. The Balaban J connectivity index is 0.000000149. The third-order valence-electron chi connectivity index (χ3n) is 3.31. The minimum atomic E-state index is -4.46. The van der Waals surface area contributed by atoms with Gasteiger partial charge in [0.05, 0.1) is 0 Å². The van der Waals surface area contributed by atoms with Crippen molar-refractivity contribution < 1.29 is 22.3 Å². The number of nitrogens with one attached hydrogen (secondary N) is 2. The van der Waals surface area contributed by atoms with Crippen LogP contribution in [-0.2, 0) is 10.4 Å². The van der Waals surface area contributed by atoms with E-state index in [1.807, 2.05) is 24.3 Å². The lowest BCUT2D eigenvalue weighted by Crippen LogP contribution is -2.05. The number of rotatable bonds is 2. The molecule has 0 aliphatic rings. The maximum absolute atomic E-state index is 10.5. The summed E-state index contributed by atoms with van der Waals surface area (Å²) in [5.41, 5.74) is 1.71. The van der Waals surface area contributed by atoms with Crippen molar-refractivity contribution in [3.8, 4) is 11.5 Å². The van der Waals surface area contributed by atoms with Crippen LogP contribution < -0.4 is 4.18 Å². The van der Waals surface area contributed by atoms with Crippen molar-refractivity contribution in [2.45, 2.75) is 0 Å². The average Bonchev–Trinajstić information content (AvgIpc) is 3.12. The third-order valence-corrected chi connectivity index (χ3v) is 3.70. The number of fused-ring (bicyclic) bond motifs is 2. The average molecular weight is 346 g/mol. The summed E-state index contributed by atoms with van der Waals surface area (Å²) in [6.07, 6.45) is 2.96. The van der Waals surface area contributed by atoms with E-state index in [4.69, 9.17) is 4.55 Å². The third kappa shape index (κ3) is 3.50. The number of hydrogen-bond donors (Lipinski definition) is 4. The number of aromatic hydroxyl groups is 1. The van der Waals surface area contributed by atoms with Crippen LogP contribution in [0.4, 0.5) is 0 Å². The quantitative estimate of drug-likeness (QED) is 0.416. The summed E-state index contributed by atoms with van der Waals surface area (Å²) in [6.45, 7) is 0. The topological polar surface area (TPSA) is 115 Å². The van der Waals surface area contributed by atoms with Gasteiger partial charge < -0.3 is 19.3 Å². The Kier molecular flexibility index (Phi) is 4.15. The van der Waals surface area contributed by atoms with Crippen LogP contribution in [0.3, 0.4) is 0 Å². The molecule has 0 saturated carbocycles. The molecule has 2 heterocycles. The van der Waals surface area contributed by atoms with Gasteiger partial charge in [-0.3, -0.25) is 4.55 Å². The normalized spacial score (nSPS) is 11.2. The Morgan fingerprint density at radius 3 is 2.00 bits per heavy atom. The molecule has 0 aliphatic carbocycles. The first-order valence-corrected chi connectivity index (χ1v) is 8.28. The smallest absolute Gasteiger partial charge is 0.446 e. The molecule has 8 heteroatoms. The van der Waals surface area contributed by atoms with E-state index in [0.29, 0.717) is 11.1 Å². The standard InChI is InChI=1S/C8H7NO4S.C8H7NO/c10-14(11,12)13-8-5-9-7-4-2-1-3-6(7)8;10-8-5-9-7-4-2-1-3-6(7)8/h1-5,9H,(H,10,11,12);1-5,9-10H. The fourth-order valence-electron chi connectivity index (χ4n) is 2.28. The van der Waals surface area contributed by atoms with Gasteiger partial charge in [-0.25, -0.2) is 0 Å². The molecule has 2 aromatic heterocycles. The molecular weight excluding hydrogens is 332 g/mol. The fourth-order valence-corrected chi connectivity index (χ4v) is 2.65. The number of para-hydroxylation sites is 2. The van der Waals surface area contributed by atoms with Crippen LogP contribution in [0, 0.1) is 0 Å². The maximum Gasteiger partial charge on any atom is 0.446 e. The van der Waals surface area contributed by atoms with E-state index < -0.39 is 10.4 Å². The van der Waals surface area contributed by atoms with Crippen LogP contribution in [0.25, 0.3) is 21.8 Å². The second kappa shape index (κ2) is 6.26. The lowest BCUT2D eigenvalue weighted by molar-refractivity contribution is 0.388. The highest BCUT2D eigenvalue weighted by molar-refractivity contribution is 7.81. The van der Waals surface area contributed by atoms with E-state index in [9.17, 15) is 13.5 Å². The molecule has 124 valence electrons. The molecule has 24 heavy (non-hydrogen) atoms. The van der Waals surface area contributed by atoms with Crippen LogP contribution in [0.15, 0.2) is 60.9 Å². The number of aromatic nitrogens is 2. The number of benzene rings is 2. The molecule has 2 aromatic carbocycles. The van der Waals surface area contributed by atoms with Crippen molar-refractivity contribution in [1.82, 2.24) is 9.97 Å². The minimum absolute atomic E-state index is 0.0862. The molecule has 0 spiro atoms. The molecule has 4 N–H and O–H groups in total. The molecular formula is C16H14N2O5S. The molecule has 7 nitrogen and oxygen atoms in total. The molecule has 0 saturated heterocycles. The molecule has 4 rings (SSSR count). The molecule has 4 aromatic rings. The van der Waals surface area contributed by atoms with Crippen LogP contribution in [0.1, 0.15) is 0 Å². The first-order valence-electron chi connectivity index (χ1n) is 6.92. The largest absolute Gasteiger partial charge is 0.506 e. The van der Waals surface area contributed by atoms with Crippen LogP contribution in [-0.4, -0.2) is 28.0 Å². The summed E-state index contributed by atoms with van der Waals surface area (Å²) < 4.78 is 33.8. The first-order chi connectivity index (χ1) is 11.4. The van der Waals surface area contributed by atoms with Crippen molar-refractivity contribution in [3.63, 3.8) is 0 Å². The molecule has 0 fully saturated rings. The highest BCUT2D eigenvalue weighted by Crippen LogP contribution is 2.25. The van der Waals surface area contributed by atoms with E-state index in [1.54, 1.807) is 30.5 Å². The number of aromatic amines is 2. The highest BCUT2D eigenvalue weighted by atomic mass is 32.3. The van der Waals surface area contributed by atoms with Gasteiger partial charge in [0, 0.05) is 34.2 Å². The molecule has 0 radical (unpaired) electrons. The predicted octanol–water partition coefficient (Wildman–Crippen LogP) is 3.22. The summed E-state index contributed by atoms with van der Waals surface area (Å²) in [6, 6.07) is 14.6. The van der Waals surface area contributed by atoms with Gasteiger partial charge in [-0.1, -0.05) is 24.3 Å². The summed E-state index contributed by atoms with van der Waals surface area (Å²) >= 11 is 0. The minimum Gasteiger partial charge on any atom is -0.506 e. The van der Waals surface area contributed by atoms with Gasteiger partial charge in [-0.15, -0.1) is 0 Å². The molecule has 0 aliphatic heterocycles. The van der Waals surface area contributed by atoms with Gasteiger partial charge in [0.2, 0.25) is 0 Å². The zero-order valence-corrected chi connectivity index (χ0v) is 13.1. The SMILES string of the molecule is O=S(=O)(O)Oc1c[nH]c2ccccc12.Oc1c[nH]c2ccccc12. The van der Waals surface area contributed by atoms with E-state index >= 15 is 0 Å². The predicted molar refractivity (Wildman–Crippen MR) is 90.4 cm³/mol. The van der Waals surface area contributed by atoms with Gasteiger partial charge in [0.25, 0.3) is 0 Å². The second-order valence-corrected chi connectivity index (χ2v) is 5.95. The Hall–Kier alpha value is -2.97. The van der Waals surface area contributed by atoms with Crippen LogP contribution >= 0.6 is 0 Å². The molecule has 0 atom stereocenters. The van der Waals surface area contributed by atoms with E-state index in [0.717, 1.165) is 16.4 Å². The first kappa shape index (κ1) is 15.9. The Morgan fingerprint density at radius 2 is 1.38 bits per heavy atom. The van der Waals surface area contributed by atoms with Crippen LogP contribution in [0.5, 0.6) is 11.5 Å². The Morgan fingerprint density at radius 1 is 0.833 bits per heavy atom. The summed E-state index contributed by atoms with van der Waals surface area (Å²) in [7, 11) is -4.46. The van der Waals surface area contributed by atoms with Crippen molar-refractivity contribution in [3.05, 3.63) is 60.9 Å². The number of hydrogen-bond acceptors (Lipinski definition) is 4. The highest BCUT2D eigenvalue weighted by Gasteiger charge is 2.11. The van der Waals surface area contributed by atoms with Crippen molar-refractivity contribution in [2.75, 3.05) is 0 Å². The van der Waals surface area contributed by atoms with Gasteiger partial charge in [-0.05, 0) is 24.3 Å². The van der Waals surface area contributed by atoms with Gasteiger partial charge in [-0.2, -0.15) is 8.42 Å². The lowest BCUT2D eigenvalue weighted by atomic mass is 10.2.